The lowest BCUT2D eigenvalue weighted by Gasteiger charge is -2.10. The van der Waals surface area contributed by atoms with Gasteiger partial charge in [-0.15, -0.1) is 11.6 Å². The molecule has 1 atom stereocenters. The Balaban J connectivity index is 1.73. The summed E-state index contributed by atoms with van der Waals surface area (Å²) in [7, 11) is 0. The van der Waals surface area contributed by atoms with Crippen LogP contribution < -0.4 is 4.74 Å². The van der Waals surface area contributed by atoms with Gasteiger partial charge in [-0.3, -0.25) is 0 Å². The fourth-order valence-electron chi connectivity index (χ4n) is 3.14. The van der Waals surface area contributed by atoms with Gasteiger partial charge in [-0.25, -0.2) is 4.39 Å². The first-order valence-corrected chi connectivity index (χ1v) is 9.98. The van der Waals surface area contributed by atoms with E-state index in [1.54, 1.807) is 18.2 Å². The first kappa shape index (κ1) is 21.3. The van der Waals surface area contributed by atoms with E-state index in [4.69, 9.17) is 11.6 Å². The van der Waals surface area contributed by atoms with Crippen molar-refractivity contribution >= 4 is 11.6 Å². The van der Waals surface area contributed by atoms with Crippen LogP contribution in [0.5, 0.6) is 5.75 Å². The van der Waals surface area contributed by atoms with Crippen LogP contribution in [0, 0.1) is 5.82 Å². The van der Waals surface area contributed by atoms with E-state index in [9.17, 15) is 13.2 Å². The lowest BCUT2D eigenvalue weighted by atomic mass is 9.98. The van der Waals surface area contributed by atoms with Crippen LogP contribution in [0.4, 0.5) is 13.2 Å². The summed E-state index contributed by atoms with van der Waals surface area (Å²) < 4.78 is 43.5. The molecule has 1 unspecified atom stereocenters. The van der Waals surface area contributed by atoms with Crippen molar-refractivity contribution in [2.45, 2.75) is 38.2 Å². The molecule has 5 heteroatoms. The first-order chi connectivity index (χ1) is 14.0. The van der Waals surface area contributed by atoms with Gasteiger partial charge >= 0.3 is 6.61 Å². The van der Waals surface area contributed by atoms with Crippen LogP contribution in [0.2, 0.25) is 0 Å². The van der Waals surface area contributed by atoms with Crippen molar-refractivity contribution in [3.63, 3.8) is 0 Å². The van der Waals surface area contributed by atoms with E-state index in [1.165, 1.54) is 23.8 Å². The number of hydrogen-bond donors (Lipinski definition) is 0. The topological polar surface area (TPSA) is 9.23 Å². The van der Waals surface area contributed by atoms with Crippen LogP contribution in [0.1, 0.15) is 25.3 Å². The molecule has 0 heterocycles. The van der Waals surface area contributed by atoms with Gasteiger partial charge in [0.15, 0.2) is 0 Å². The Morgan fingerprint density at radius 1 is 0.862 bits per heavy atom. The number of ether oxygens (including phenoxy) is 1. The summed E-state index contributed by atoms with van der Waals surface area (Å²) in [5.41, 5.74) is 3.91. The summed E-state index contributed by atoms with van der Waals surface area (Å²) >= 11 is 6.17. The normalized spacial score (nSPS) is 12.2. The Morgan fingerprint density at radius 2 is 1.48 bits per heavy atom. The van der Waals surface area contributed by atoms with Crippen LogP contribution in [-0.2, 0) is 6.42 Å². The lowest BCUT2D eigenvalue weighted by molar-refractivity contribution is -0.0498. The van der Waals surface area contributed by atoms with E-state index in [1.807, 2.05) is 30.3 Å². The van der Waals surface area contributed by atoms with E-state index in [0.717, 1.165) is 30.4 Å². The number of aryl methyl sites for hydroxylation is 1. The molecule has 0 saturated heterocycles. The summed E-state index contributed by atoms with van der Waals surface area (Å²) in [6.07, 6.45) is 2.80. The fraction of sp³-hybridized carbons (Fsp3) is 0.250. The molecule has 0 fully saturated rings. The standard InChI is InChI=1S/C24H22ClF3O/c1-2-20(25)11-5-16-3-6-17(7-4-16)19-10-14-22(23(26)15-19)18-8-12-21(13-9-18)29-24(27)28/h3-4,6-10,12-15,20,24H,2,5,11H2,1H3. The smallest absolute Gasteiger partial charge is 0.387 e. The van der Waals surface area contributed by atoms with Crippen molar-refractivity contribution in [2.75, 3.05) is 0 Å². The Bertz CT molecular complexity index is 924. The van der Waals surface area contributed by atoms with Gasteiger partial charge in [-0.2, -0.15) is 8.78 Å². The Hall–Kier alpha value is -2.46. The minimum absolute atomic E-state index is 0.0419. The monoisotopic (exact) mass is 418 g/mol. The highest BCUT2D eigenvalue weighted by atomic mass is 35.5. The molecule has 0 saturated carbocycles. The third-order valence-electron chi connectivity index (χ3n) is 4.84. The zero-order chi connectivity index (χ0) is 20.8. The molecule has 29 heavy (non-hydrogen) atoms. The molecule has 0 aliphatic heterocycles. The van der Waals surface area contributed by atoms with Gasteiger partial charge < -0.3 is 4.74 Å². The molecule has 1 nitrogen and oxygen atoms in total. The van der Waals surface area contributed by atoms with Crippen molar-refractivity contribution in [1.29, 1.82) is 0 Å². The fourth-order valence-corrected chi connectivity index (χ4v) is 3.25. The predicted octanol–water partition coefficient (Wildman–Crippen LogP) is 7.71. The molecular weight excluding hydrogens is 397 g/mol. The molecule has 0 radical (unpaired) electrons. The lowest BCUT2D eigenvalue weighted by Crippen LogP contribution is -2.01. The van der Waals surface area contributed by atoms with Crippen molar-refractivity contribution in [2.24, 2.45) is 0 Å². The second-order valence-corrected chi connectivity index (χ2v) is 7.46. The number of rotatable bonds is 8. The molecule has 0 aliphatic rings. The van der Waals surface area contributed by atoms with Crippen molar-refractivity contribution in [3.8, 4) is 28.0 Å². The van der Waals surface area contributed by atoms with E-state index in [0.29, 0.717) is 11.1 Å². The molecule has 3 rings (SSSR count). The summed E-state index contributed by atoms with van der Waals surface area (Å²) in [5.74, 6) is -0.331. The molecule has 0 aliphatic carbocycles. The highest BCUT2D eigenvalue weighted by Gasteiger charge is 2.10. The van der Waals surface area contributed by atoms with Crippen LogP contribution in [0.15, 0.2) is 66.7 Å². The van der Waals surface area contributed by atoms with Crippen molar-refractivity contribution < 1.29 is 17.9 Å². The van der Waals surface area contributed by atoms with Gasteiger partial charge in [0.05, 0.1) is 0 Å². The van der Waals surface area contributed by atoms with E-state index < -0.39 is 6.61 Å². The van der Waals surface area contributed by atoms with Gasteiger partial charge in [0.2, 0.25) is 0 Å². The third-order valence-corrected chi connectivity index (χ3v) is 5.36. The summed E-state index contributed by atoms with van der Waals surface area (Å²) in [4.78, 5) is 0. The molecule has 0 N–H and O–H groups in total. The molecular formula is C24H22ClF3O. The molecule has 0 aromatic heterocycles. The average Bonchev–Trinajstić information content (AvgIpc) is 2.72. The maximum atomic E-state index is 14.7. The maximum absolute atomic E-state index is 14.7. The summed E-state index contributed by atoms with van der Waals surface area (Å²) in [6.45, 7) is -0.809. The second kappa shape index (κ2) is 9.84. The Kier molecular flexibility index (Phi) is 7.21. The molecule has 3 aromatic carbocycles. The number of benzene rings is 3. The van der Waals surface area contributed by atoms with Gasteiger partial charge in [-0.1, -0.05) is 55.5 Å². The van der Waals surface area contributed by atoms with Gasteiger partial charge in [-0.05, 0) is 59.7 Å². The van der Waals surface area contributed by atoms with Crippen LogP contribution in [-0.4, -0.2) is 12.0 Å². The molecule has 152 valence electrons. The third kappa shape index (κ3) is 5.77. The largest absolute Gasteiger partial charge is 0.435 e. The summed E-state index contributed by atoms with van der Waals surface area (Å²) in [6, 6.07) is 19.0. The minimum Gasteiger partial charge on any atom is -0.435 e. The van der Waals surface area contributed by atoms with Crippen LogP contribution >= 0.6 is 11.6 Å². The molecule has 3 aromatic rings. The van der Waals surface area contributed by atoms with Crippen molar-refractivity contribution in [3.05, 3.63) is 78.1 Å². The highest BCUT2D eigenvalue weighted by molar-refractivity contribution is 6.20. The predicted molar refractivity (Wildman–Crippen MR) is 112 cm³/mol. The average molecular weight is 419 g/mol. The van der Waals surface area contributed by atoms with E-state index in [-0.39, 0.29) is 16.9 Å². The quantitative estimate of drug-likeness (QED) is 0.340. The number of hydrogen-bond acceptors (Lipinski definition) is 1. The molecule has 0 spiro atoms. The first-order valence-electron chi connectivity index (χ1n) is 9.54. The zero-order valence-corrected chi connectivity index (χ0v) is 16.8. The summed E-state index contributed by atoms with van der Waals surface area (Å²) in [5, 5.41) is 0.187. The zero-order valence-electron chi connectivity index (χ0n) is 16.0. The maximum Gasteiger partial charge on any atom is 0.387 e. The minimum atomic E-state index is -2.88. The Labute approximate surface area is 174 Å². The van der Waals surface area contributed by atoms with E-state index >= 15 is 0 Å². The van der Waals surface area contributed by atoms with Crippen molar-refractivity contribution in [1.82, 2.24) is 0 Å². The van der Waals surface area contributed by atoms with Crippen LogP contribution in [0.3, 0.4) is 0 Å². The Morgan fingerprint density at radius 3 is 2.07 bits per heavy atom. The highest BCUT2D eigenvalue weighted by Crippen LogP contribution is 2.30. The van der Waals surface area contributed by atoms with Gasteiger partial charge in [0.25, 0.3) is 0 Å². The van der Waals surface area contributed by atoms with Gasteiger partial charge in [0, 0.05) is 10.9 Å². The van der Waals surface area contributed by atoms with E-state index in [2.05, 4.69) is 11.7 Å². The number of alkyl halides is 3. The van der Waals surface area contributed by atoms with Crippen LogP contribution in [0.25, 0.3) is 22.3 Å². The molecule has 0 amide bonds. The number of halogens is 4. The SMILES string of the molecule is CCC(Cl)CCc1ccc(-c2ccc(-c3ccc(OC(F)F)cc3)c(F)c2)cc1. The molecule has 0 bridgehead atoms. The van der Waals surface area contributed by atoms with Gasteiger partial charge in [0.1, 0.15) is 11.6 Å². The second-order valence-electron chi connectivity index (χ2n) is 6.84.